The maximum atomic E-state index is 13.7. The molecule has 3 aromatic rings. The maximum absolute atomic E-state index is 13.7. The molecular weight excluding hydrogens is 562 g/mol. The molecule has 0 spiro atoms. The minimum atomic E-state index is -1.50. The number of hydrogen-bond acceptors (Lipinski definition) is 8. The Hall–Kier alpha value is -3.74. The molecule has 1 amide bonds. The van der Waals surface area contributed by atoms with E-state index in [1.165, 1.54) is 18.1 Å². The zero-order chi connectivity index (χ0) is 30.8. The minimum Gasteiger partial charge on any atom is -0.493 e. The number of rotatable bonds is 14. The molecule has 10 nitrogen and oxygen atoms in total. The number of imidazole rings is 1. The monoisotopic (exact) mass is 602 g/mol. The summed E-state index contributed by atoms with van der Waals surface area (Å²) in [5.41, 5.74) is -0.569. The molecule has 234 valence electrons. The van der Waals surface area contributed by atoms with E-state index in [-0.39, 0.29) is 38.0 Å². The third kappa shape index (κ3) is 8.88. The minimum absolute atomic E-state index is 0.0109. The van der Waals surface area contributed by atoms with Gasteiger partial charge in [-0.1, -0.05) is 13.0 Å². The molecule has 0 radical (unpaired) electrons. The number of benzene rings is 2. The summed E-state index contributed by atoms with van der Waals surface area (Å²) in [7, 11) is 3.03. The molecule has 1 aliphatic heterocycles. The van der Waals surface area contributed by atoms with E-state index < -0.39 is 17.2 Å². The topological polar surface area (TPSA) is 98.5 Å². The SMILES string of the molecule is CCc1nccn1CCCOc1cc(CN2CCN(C(=O)COC)C[C@](O)(COc3ccc(F)c(F)c3)C2)ccc1OC. The summed E-state index contributed by atoms with van der Waals surface area (Å²) in [5.74, 6) is 0.0406. The van der Waals surface area contributed by atoms with E-state index in [0.29, 0.717) is 37.7 Å². The molecule has 0 unspecified atom stereocenters. The summed E-state index contributed by atoms with van der Waals surface area (Å²) in [4.78, 5) is 20.6. The van der Waals surface area contributed by atoms with E-state index in [1.807, 2.05) is 29.3 Å². The fourth-order valence-corrected chi connectivity index (χ4v) is 5.15. The van der Waals surface area contributed by atoms with Crippen LogP contribution >= 0.6 is 0 Å². The molecule has 1 fully saturated rings. The van der Waals surface area contributed by atoms with Crippen molar-refractivity contribution in [1.82, 2.24) is 19.4 Å². The predicted octanol–water partition coefficient (Wildman–Crippen LogP) is 3.30. The first-order valence-electron chi connectivity index (χ1n) is 14.3. The molecule has 2 heterocycles. The van der Waals surface area contributed by atoms with Crippen LogP contribution in [-0.2, 0) is 29.0 Å². The Morgan fingerprint density at radius 1 is 1.05 bits per heavy atom. The third-order valence-electron chi connectivity index (χ3n) is 7.26. The molecule has 0 aliphatic carbocycles. The highest BCUT2D eigenvalue weighted by atomic mass is 19.2. The van der Waals surface area contributed by atoms with Crippen LogP contribution in [0.25, 0.3) is 0 Å². The number of ether oxygens (including phenoxy) is 4. The smallest absolute Gasteiger partial charge is 0.248 e. The molecule has 0 saturated carbocycles. The number of methoxy groups -OCH3 is 2. The maximum Gasteiger partial charge on any atom is 0.248 e. The van der Waals surface area contributed by atoms with Gasteiger partial charge in [0.25, 0.3) is 0 Å². The first kappa shape index (κ1) is 32.2. The third-order valence-corrected chi connectivity index (χ3v) is 7.26. The van der Waals surface area contributed by atoms with Crippen molar-refractivity contribution in [3.05, 3.63) is 71.8 Å². The second-order valence-corrected chi connectivity index (χ2v) is 10.6. The Labute approximate surface area is 250 Å². The van der Waals surface area contributed by atoms with E-state index in [9.17, 15) is 18.7 Å². The standard InChI is InChI=1S/C31H40F2N4O6/c1-4-29-34-10-12-36(29)11-5-15-42-28-16-23(6-9-27(28)41-3)18-35-13-14-37(30(38)19-40-2)21-31(39,20-35)22-43-24-7-8-25(32)26(33)17-24/h6-10,12,16-17,39H,4-5,11,13-15,18-22H2,1-3H3/t31-/m0/s1. The Morgan fingerprint density at radius 3 is 2.63 bits per heavy atom. The molecule has 1 saturated heterocycles. The molecular formula is C31H40F2N4O6. The van der Waals surface area contributed by atoms with Crippen LogP contribution in [0.15, 0.2) is 48.8 Å². The summed E-state index contributed by atoms with van der Waals surface area (Å²) in [6.07, 6.45) is 5.43. The van der Waals surface area contributed by atoms with Gasteiger partial charge in [-0.15, -0.1) is 0 Å². The summed E-state index contributed by atoms with van der Waals surface area (Å²) in [6.45, 7) is 4.45. The number of β-amino-alcohol motifs (C(OH)–C–C–N with tert-alkyl or cyclic N) is 1. The van der Waals surface area contributed by atoms with Crippen LogP contribution in [-0.4, -0.2) is 96.2 Å². The summed E-state index contributed by atoms with van der Waals surface area (Å²) >= 11 is 0. The number of hydrogen-bond donors (Lipinski definition) is 1. The Bertz CT molecular complexity index is 1360. The number of aliphatic hydroxyl groups is 1. The van der Waals surface area contributed by atoms with Crippen LogP contribution in [0.4, 0.5) is 8.78 Å². The Kier molecular flexibility index (Phi) is 11.3. The van der Waals surface area contributed by atoms with Gasteiger partial charge in [0.05, 0.1) is 20.3 Å². The molecule has 1 N–H and O–H groups in total. The Balaban J connectivity index is 1.44. The molecule has 1 aliphatic rings. The molecule has 43 heavy (non-hydrogen) atoms. The van der Waals surface area contributed by atoms with Gasteiger partial charge in [0.2, 0.25) is 5.91 Å². The van der Waals surface area contributed by atoms with Crippen molar-refractivity contribution in [3.63, 3.8) is 0 Å². The van der Waals surface area contributed by atoms with Gasteiger partial charge in [0.1, 0.15) is 30.4 Å². The number of aryl methyl sites for hydroxylation is 2. The quantitative estimate of drug-likeness (QED) is 0.281. The number of aromatic nitrogens is 2. The summed E-state index contributed by atoms with van der Waals surface area (Å²) in [5, 5.41) is 11.6. The van der Waals surface area contributed by atoms with Gasteiger partial charge in [-0.25, -0.2) is 13.8 Å². The highest BCUT2D eigenvalue weighted by Gasteiger charge is 2.37. The highest BCUT2D eigenvalue weighted by Crippen LogP contribution is 2.29. The highest BCUT2D eigenvalue weighted by molar-refractivity contribution is 5.77. The summed E-state index contributed by atoms with van der Waals surface area (Å²) < 4.78 is 51.6. The van der Waals surface area contributed by atoms with Crippen LogP contribution < -0.4 is 14.2 Å². The number of halogens is 2. The van der Waals surface area contributed by atoms with Crippen molar-refractivity contribution in [2.45, 2.75) is 38.5 Å². The number of nitrogens with zero attached hydrogens (tertiary/aromatic N) is 4. The van der Waals surface area contributed by atoms with E-state index >= 15 is 0 Å². The second-order valence-electron chi connectivity index (χ2n) is 10.6. The molecule has 1 aromatic heterocycles. The van der Waals surface area contributed by atoms with E-state index in [1.54, 1.807) is 13.3 Å². The molecule has 0 bridgehead atoms. The van der Waals surface area contributed by atoms with Crippen LogP contribution in [0.3, 0.4) is 0 Å². The lowest BCUT2D eigenvalue weighted by Crippen LogP contribution is -2.52. The van der Waals surface area contributed by atoms with E-state index in [2.05, 4.69) is 16.5 Å². The van der Waals surface area contributed by atoms with Gasteiger partial charge in [-0.05, 0) is 36.2 Å². The van der Waals surface area contributed by atoms with Crippen LogP contribution in [0.1, 0.15) is 24.7 Å². The van der Waals surface area contributed by atoms with Crippen molar-refractivity contribution in [2.24, 2.45) is 0 Å². The van der Waals surface area contributed by atoms with E-state index in [4.69, 9.17) is 18.9 Å². The predicted molar refractivity (Wildman–Crippen MR) is 155 cm³/mol. The number of carbonyl (C=O) groups is 1. The normalized spacial score (nSPS) is 17.5. The zero-order valence-electron chi connectivity index (χ0n) is 24.9. The van der Waals surface area contributed by atoms with Gasteiger partial charge in [-0.3, -0.25) is 9.69 Å². The van der Waals surface area contributed by atoms with Gasteiger partial charge in [0, 0.05) is 64.7 Å². The zero-order valence-corrected chi connectivity index (χ0v) is 24.9. The second kappa shape index (κ2) is 15.1. The summed E-state index contributed by atoms with van der Waals surface area (Å²) in [6, 6.07) is 8.88. The lowest BCUT2D eigenvalue weighted by atomic mass is 10.0. The number of amides is 1. The van der Waals surface area contributed by atoms with Gasteiger partial charge in [-0.2, -0.15) is 0 Å². The van der Waals surface area contributed by atoms with Crippen molar-refractivity contribution in [2.75, 3.05) is 60.2 Å². The van der Waals surface area contributed by atoms with Gasteiger partial charge >= 0.3 is 0 Å². The van der Waals surface area contributed by atoms with Crippen LogP contribution in [0, 0.1) is 11.6 Å². The fourth-order valence-electron chi connectivity index (χ4n) is 5.15. The van der Waals surface area contributed by atoms with Crippen molar-refractivity contribution in [1.29, 1.82) is 0 Å². The van der Waals surface area contributed by atoms with Gasteiger partial charge < -0.3 is 33.5 Å². The lowest BCUT2D eigenvalue weighted by Gasteiger charge is -2.33. The van der Waals surface area contributed by atoms with Gasteiger partial charge in [0.15, 0.2) is 23.1 Å². The average Bonchev–Trinajstić information content (AvgIpc) is 3.38. The van der Waals surface area contributed by atoms with E-state index in [0.717, 1.165) is 42.9 Å². The molecule has 1 atom stereocenters. The first-order valence-corrected chi connectivity index (χ1v) is 14.3. The molecule has 2 aromatic carbocycles. The number of carbonyl (C=O) groups excluding carboxylic acids is 1. The Morgan fingerprint density at radius 2 is 1.88 bits per heavy atom. The lowest BCUT2D eigenvalue weighted by molar-refractivity contribution is -0.138. The molecule has 4 rings (SSSR count). The largest absolute Gasteiger partial charge is 0.493 e. The van der Waals surface area contributed by atoms with Crippen molar-refractivity contribution in [3.8, 4) is 17.2 Å². The first-order chi connectivity index (χ1) is 20.7. The van der Waals surface area contributed by atoms with Crippen molar-refractivity contribution >= 4 is 5.91 Å². The average molecular weight is 603 g/mol. The van der Waals surface area contributed by atoms with Crippen LogP contribution in [0.5, 0.6) is 17.2 Å². The van der Waals surface area contributed by atoms with Crippen molar-refractivity contribution < 1.29 is 37.6 Å². The van der Waals surface area contributed by atoms with Crippen LogP contribution in [0.2, 0.25) is 0 Å². The fraction of sp³-hybridized carbons (Fsp3) is 0.484. The molecule has 12 heteroatoms.